The zero-order valence-electron chi connectivity index (χ0n) is 12.0. The normalized spacial score (nSPS) is 16.3. The summed E-state index contributed by atoms with van der Waals surface area (Å²) in [6, 6.07) is 7.33. The number of carboxylic acids is 1. The van der Waals surface area contributed by atoms with E-state index in [0.717, 1.165) is 6.54 Å². The van der Waals surface area contributed by atoms with Gasteiger partial charge in [-0.2, -0.15) is 0 Å². The van der Waals surface area contributed by atoms with Crippen molar-refractivity contribution in [2.45, 2.75) is 38.1 Å². The summed E-state index contributed by atoms with van der Waals surface area (Å²) in [5.41, 5.74) is 0.267. The van der Waals surface area contributed by atoms with Crippen molar-refractivity contribution in [3.63, 3.8) is 0 Å². The van der Waals surface area contributed by atoms with Gasteiger partial charge >= 0.3 is 5.97 Å². The van der Waals surface area contributed by atoms with Crippen molar-refractivity contribution in [3.8, 4) is 5.75 Å². The third kappa shape index (κ3) is 4.23. The molecule has 110 valence electrons. The lowest BCUT2D eigenvalue weighted by atomic mass is 9.94. The molecule has 20 heavy (non-hydrogen) atoms. The van der Waals surface area contributed by atoms with Crippen molar-refractivity contribution >= 4 is 5.97 Å². The van der Waals surface area contributed by atoms with Gasteiger partial charge in [0.2, 0.25) is 0 Å². The second-order valence-corrected chi connectivity index (χ2v) is 5.45. The van der Waals surface area contributed by atoms with Crippen LogP contribution in [0.3, 0.4) is 0 Å². The Bertz CT molecular complexity index is 441. The highest BCUT2D eigenvalue weighted by atomic mass is 16.5. The Kier molecular flexibility index (Phi) is 5.41. The third-order valence-corrected chi connectivity index (χ3v) is 3.99. The number of carboxylic acid groups (broad SMARTS) is 1. The molecule has 0 heterocycles. The van der Waals surface area contributed by atoms with E-state index in [4.69, 9.17) is 9.84 Å². The number of benzene rings is 1. The van der Waals surface area contributed by atoms with E-state index in [1.54, 1.807) is 24.3 Å². The number of nitrogens with zero attached hydrogens (tertiary/aromatic N) is 1. The largest absolute Gasteiger partial charge is 0.492 e. The number of aromatic carboxylic acids is 1. The molecule has 1 aliphatic rings. The molecule has 2 rings (SSSR count). The quantitative estimate of drug-likeness (QED) is 0.868. The van der Waals surface area contributed by atoms with Gasteiger partial charge in [0.25, 0.3) is 0 Å². The molecule has 1 fully saturated rings. The van der Waals surface area contributed by atoms with E-state index in [0.29, 0.717) is 18.4 Å². The van der Waals surface area contributed by atoms with E-state index in [2.05, 4.69) is 11.9 Å². The van der Waals surface area contributed by atoms with Crippen LogP contribution in [-0.2, 0) is 0 Å². The fourth-order valence-electron chi connectivity index (χ4n) is 2.73. The first-order chi connectivity index (χ1) is 9.66. The summed E-state index contributed by atoms with van der Waals surface area (Å²) < 4.78 is 5.65. The Balaban J connectivity index is 1.77. The third-order valence-electron chi connectivity index (χ3n) is 3.99. The van der Waals surface area contributed by atoms with Crippen molar-refractivity contribution in [1.82, 2.24) is 4.90 Å². The molecule has 4 heteroatoms. The van der Waals surface area contributed by atoms with E-state index in [9.17, 15) is 4.79 Å². The summed E-state index contributed by atoms with van der Waals surface area (Å²) in [7, 11) is 2.15. The molecular formula is C16H23NO3. The van der Waals surface area contributed by atoms with Crippen molar-refractivity contribution in [1.29, 1.82) is 0 Å². The fourth-order valence-corrected chi connectivity index (χ4v) is 2.73. The number of likely N-dealkylation sites (N-methyl/N-ethyl adjacent to an activating group) is 1. The lowest BCUT2D eigenvalue weighted by Crippen LogP contribution is -2.36. The van der Waals surface area contributed by atoms with Gasteiger partial charge in [-0.05, 0) is 38.1 Å². The Morgan fingerprint density at radius 3 is 2.80 bits per heavy atom. The predicted molar refractivity (Wildman–Crippen MR) is 78.4 cm³/mol. The molecular weight excluding hydrogens is 254 g/mol. The number of ether oxygens (including phenoxy) is 1. The van der Waals surface area contributed by atoms with Crippen LogP contribution < -0.4 is 4.74 Å². The SMILES string of the molecule is CN(CCOc1cccc(C(=O)O)c1)C1CCCCC1. The van der Waals surface area contributed by atoms with Gasteiger partial charge < -0.3 is 14.7 Å². The topological polar surface area (TPSA) is 49.8 Å². The summed E-state index contributed by atoms with van der Waals surface area (Å²) in [5.74, 6) is -0.295. The summed E-state index contributed by atoms with van der Waals surface area (Å²) >= 11 is 0. The molecule has 1 aromatic carbocycles. The lowest BCUT2D eigenvalue weighted by Gasteiger charge is -2.31. The molecule has 0 atom stereocenters. The molecule has 1 N–H and O–H groups in total. The minimum absolute atomic E-state index is 0.267. The maximum atomic E-state index is 10.9. The van der Waals surface area contributed by atoms with Crippen molar-refractivity contribution in [2.24, 2.45) is 0 Å². The van der Waals surface area contributed by atoms with Crippen molar-refractivity contribution in [2.75, 3.05) is 20.2 Å². The monoisotopic (exact) mass is 277 g/mol. The van der Waals surface area contributed by atoms with Gasteiger partial charge in [-0.3, -0.25) is 0 Å². The maximum absolute atomic E-state index is 10.9. The standard InChI is InChI=1S/C16H23NO3/c1-17(14-7-3-2-4-8-14)10-11-20-15-9-5-6-13(12-15)16(18)19/h5-6,9,12,14H,2-4,7-8,10-11H2,1H3,(H,18,19). The summed E-state index contributed by atoms with van der Waals surface area (Å²) in [6.45, 7) is 1.47. The average molecular weight is 277 g/mol. The van der Waals surface area contributed by atoms with Crippen LogP contribution in [0.4, 0.5) is 0 Å². The highest BCUT2D eigenvalue weighted by Crippen LogP contribution is 2.21. The van der Waals surface area contributed by atoms with Crippen LogP contribution in [0.15, 0.2) is 24.3 Å². The molecule has 1 aromatic rings. The van der Waals surface area contributed by atoms with Crippen LogP contribution in [0.25, 0.3) is 0 Å². The molecule has 0 aromatic heterocycles. The zero-order chi connectivity index (χ0) is 14.4. The van der Waals surface area contributed by atoms with Crippen molar-refractivity contribution < 1.29 is 14.6 Å². The second-order valence-electron chi connectivity index (χ2n) is 5.45. The van der Waals surface area contributed by atoms with Gasteiger partial charge in [-0.15, -0.1) is 0 Å². The van der Waals surface area contributed by atoms with Gasteiger partial charge in [0.05, 0.1) is 5.56 Å². The van der Waals surface area contributed by atoms with Gasteiger partial charge in [0.15, 0.2) is 0 Å². The van der Waals surface area contributed by atoms with E-state index >= 15 is 0 Å². The van der Waals surface area contributed by atoms with Gasteiger partial charge in [-0.1, -0.05) is 25.3 Å². The lowest BCUT2D eigenvalue weighted by molar-refractivity contribution is 0.0696. The van der Waals surface area contributed by atoms with Crippen molar-refractivity contribution in [3.05, 3.63) is 29.8 Å². The molecule has 0 spiro atoms. The average Bonchev–Trinajstić information content (AvgIpc) is 2.48. The highest BCUT2D eigenvalue weighted by Gasteiger charge is 2.17. The smallest absolute Gasteiger partial charge is 0.335 e. The molecule has 0 amide bonds. The first-order valence-electron chi connectivity index (χ1n) is 7.33. The van der Waals surface area contributed by atoms with Gasteiger partial charge in [0, 0.05) is 12.6 Å². The van der Waals surface area contributed by atoms with E-state index in [1.165, 1.54) is 32.1 Å². The zero-order valence-corrected chi connectivity index (χ0v) is 12.0. The molecule has 1 saturated carbocycles. The first kappa shape index (κ1) is 14.9. The van der Waals surface area contributed by atoms with Gasteiger partial charge in [0.1, 0.15) is 12.4 Å². The highest BCUT2D eigenvalue weighted by molar-refractivity contribution is 5.87. The minimum Gasteiger partial charge on any atom is -0.492 e. The molecule has 0 aliphatic heterocycles. The predicted octanol–water partition coefficient (Wildman–Crippen LogP) is 3.03. The van der Waals surface area contributed by atoms with Crippen LogP contribution >= 0.6 is 0 Å². The Morgan fingerprint density at radius 2 is 2.10 bits per heavy atom. The van der Waals surface area contributed by atoms with E-state index in [-0.39, 0.29) is 5.56 Å². The first-order valence-corrected chi connectivity index (χ1v) is 7.33. The molecule has 0 bridgehead atoms. The fraction of sp³-hybridized carbons (Fsp3) is 0.562. The minimum atomic E-state index is -0.922. The number of hydrogen-bond acceptors (Lipinski definition) is 3. The van der Waals surface area contributed by atoms with Crippen LogP contribution in [0.5, 0.6) is 5.75 Å². The maximum Gasteiger partial charge on any atom is 0.335 e. The molecule has 0 radical (unpaired) electrons. The van der Waals surface area contributed by atoms with Crippen LogP contribution in [-0.4, -0.2) is 42.2 Å². The Labute approximate surface area is 120 Å². The Morgan fingerprint density at radius 1 is 1.35 bits per heavy atom. The number of hydrogen-bond donors (Lipinski definition) is 1. The molecule has 0 unspecified atom stereocenters. The van der Waals surface area contributed by atoms with Crippen LogP contribution in [0.2, 0.25) is 0 Å². The van der Waals surface area contributed by atoms with Gasteiger partial charge in [-0.25, -0.2) is 4.79 Å². The summed E-state index contributed by atoms with van der Waals surface area (Å²) in [4.78, 5) is 13.2. The van der Waals surface area contributed by atoms with E-state index < -0.39 is 5.97 Å². The second kappa shape index (κ2) is 7.29. The van der Waals surface area contributed by atoms with Crippen LogP contribution in [0.1, 0.15) is 42.5 Å². The summed E-state index contributed by atoms with van der Waals surface area (Å²) in [5, 5.41) is 8.93. The molecule has 4 nitrogen and oxygen atoms in total. The van der Waals surface area contributed by atoms with Crippen LogP contribution in [0, 0.1) is 0 Å². The molecule has 0 saturated heterocycles. The number of rotatable bonds is 6. The molecule has 1 aliphatic carbocycles. The summed E-state index contributed by atoms with van der Waals surface area (Å²) in [6.07, 6.45) is 6.59. The number of carbonyl (C=O) groups is 1. The Hall–Kier alpha value is -1.55. The van der Waals surface area contributed by atoms with E-state index in [1.807, 2.05) is 0 Å².